The molecule has 0 saturated carbocycles. The third kappa shape index (κ3) is 0.960. The van der Waals surface area contributed by atoms with Crippen LogP contribution in [0.25, 0.3) is 5.78 Å². The topological polar surface area (TPSA) is 43.1 Å². The molecule has 2 aromatic heterocycles. The summed E-state index contributed by atoms with van der Waals surface area (Å²) in [5, 5.41) is 4.17. The maximum Gasteiger partial charge on any atom is 0.252 e. The molecule has 0 fully saturated rings. The maximum absolute atomic E-state index is 4.17. The molecule has 0 aliphatic carbocycles. The van der Waals surface area contributed by atoms with Gasteiger partial charge in [0.25, 0.3) is 5.78 Å². The van der Waals surface area contributed by atoms with Crippen LogP contribution in [0.5, 0.6) is 0 Å². The first kappa shape index (κ1) is 6.27. The number of aromatic nitrogens is 4. The highest BCUT2D eigenvalue weighted by Gasteiger charge is 1.98. The fourth-order valence-electron chi connectivity index (χ4n) is 0.926. The van der Waals surface area contributed by atoms with Crippen LogP contribution in [-0.2, 0) is 6.42 Å². The van der Waals surface area contributed by atoms with Crippen molar-refractivity contribution in [1.29, 1.82) is 0 Å². The Morgan fingerprint density at radius 3 is 3.18 bits per heavy atom. The van der Waals surface area contributed by atoms with Crippen LogP contribution in [0.4, 0.5) is 0 Å². The number of hydrogen-bond acceptors (Lipinski definition) is 3. The van der Waals surface area contributed by atoms with E-state index in [1.54, 1.807) is 10.7 Å². The van der Waals surface area contributed by atoms with Crippen molar-refractivity contribution in [2.45, 2.75) is 13.3 Å². The highest BCUT2D eigenvalue weighted by Crippen LogP contribution is 1.96. The molecule has 56 valence electrons. The molecule has 0 radical (unpaired) electrons. The molecule has 4 heteroatoms. The minimum atomic E-state index is 0.671. The molecule has 2 rings (SSSR count). The van der Waals surface area contributed by atoms with E-state index >= 15 is 0 Å². The highest BCUT2D eigenvalue weighted by atomic mass is 15.3. The van der Waals surface area contributed by atoms with Crippen LogP contribution < -0.4 is 0 Å². The van der Waals surface area contributed by atoms with Gasteiger partial charge in [0, 0.05) is 18.8 Å². The molecule has 4 nitrogen and oxygen atoms in total. The summed E-state index contributed by atoms with van der Waals surface area (Å²) in [5.41, 5.74) is 0. The van der Waals surface area contributed by atoms with Crippen LogP contribution >= 0.6 is 0 Å². The van der Waals surface area contributed by atoms with Crippen molar-refractivity contribution in [3.63, 3.8) is 0 Å². The zero-order valence-corrected chi connectivity index (χ0v) is 6.23. The molecular formula is C7H8N4. The number of hydrogen-bond donors (Lipinski definition) is 0. The van der Waals surface area contributed by atoms with Crippen LogP contribution in [0, 0.1) is 0 Å². The van der Waals surface area contributed by atoms with Gasteiger partial charge in [0.05, 0.1) is 0 Å². The third-order valence-corrected chi connectivity index (χ3v) is 1.48. The van der Waals surface area contributed by atoms with E-state index in [1.807, 2.05) is 19.2 Å². The molecule has 2 heterocycles. The molecule has 0 unspecified atom stereocenters. The Morgan fingerprint density at radius 1 is 1.55 bits per heavy atom. The molecular weight excluding hydrogens is 140 g/mol. The molecule has 2 aromatic rings. The molecule has 0 aromatic carbocycles. The van der Waals surface area contributed by atoms with Crippen LogP contribution in [0.3, 0.4) is 0 Å². The van der Waals surface area contributed by atoms with Gasteiger partial charge in [-0.1, -0.05) is 6.92 Å². The van der Waals surface area contributed by atoms with E-state index in [0.29, 0.717) is 5.78 Å². The molecule has 0 N–H and O–H groups in total. The molecule has 0 spiro atoms. The lowest BCUT2D eigenvalue weighted by Crippen LogP contribution is -1.87. The minimum absolute atomic E-state index is 0.671. The molecule has 0 bridgehead atoms. The zero-order chi connectivity index (χ0) is 7.68. The summed E-state index contributed by atoms with van der Waals surface area (Å²) in [6.07, 6.45) is 4.40. The smallest absolute Gasteiger partial charge is 0.220 e. The van der Waals surface area contributed by atoms with E-state index < -0.39 is 0 Å². The molecule has 0 amide bonds. The van der Waals surface area contributed by atoms with Crippen molar-refractivity contribution in [2.24, 2.45) is 0 Å². The normalized spacial score (nSPS) is 10.6. The van der Waals surface area contributed by atoms with Gasteiger partial charge in [-0.2, -0.15) is 10.1 Å². The van der Waals surface area contributed by atoms with Crippen LogP contribution in [-0.4, -0.2) is 19.6 Å². The van der Waals surface area contributed by atoms with Crippen LogP contribution in [0.15, 0.2) is 18.5 Å². The van der Waals surface area contributed by atoms with E-state index in [9.17, 15) is 0 Å². The molecule has 0 aliphatic heterocycles. The molecule has 0 aliphatic rings. The lowest BCUT2D eigenvalue weighted by molar-refractivity contribution is 0.879. The number of fused-ring (bicyclic) bond motifs is 1. The van der Waals surface area contributed by atoms with E-state index in [0.717, 1.165) is 12.2 Å². The Hall–Kier alpha value is -1.45. The highest BCUT2D eigenvalue weighted by molar-refractivity contribution is 5.24. The zero-order valence-electron chi connectivity index (χ0n) is 6.23. The number of nitrogens with zero attached hydrogens (tertiary/aromatic N) is 4. The van der Waals surface area contributed by atoms with E-state index in [2.05, 4.69) is 15.1 Å². The Balaban J connectivity index is 2.69. The first-order chi connectivity index (χ1) is 5.40. The van der Waals surface area contributed by atoms with Gasteiger partial charge in [-0.15, -0.1) is 0 Å². The predicted octanol–water partition coefficient (Wildman–Crippen LogP) is 0.687. The van der Waals surface area contributed by atoms with E-state index in [1.165, 1.54) is 0 Å². The van der Waals surface area contributed by atoms with Gasteiger partial charge in [0.1, 0.15) is 0 Å². The van der Waals surface area contributed by atoms with E-state index in [4.69, 9.17) is 0 Å². The summed E-state index contributed by atoms with van der Waals surface area (Å²) in [5.74, 6) is 1.51. The summed E-state index contributed by atoms with van der Waals surface area (Å²) in [6, 6.07) is 1.83. The minimum Gasteiger partial charge on any atom is -0.220 e. The van der Waals surface area contributed by atoms with Crippen molar-refractivity contribution in [2.75, 3.05) is 0 Å². The van der Waals surface area contributed by atoms with Crippen LogP contribution in [0.2, 0.25) is 0 Å². The van der Waals surface area contributed by atoms with Crippen molar-refractivity contribution < 1.29 is 0 Å². The second-order valence-electron chi connectivity index (χ2n) is 2.25. The van der Waals surface area contributed by atoms with Gasteiger partial charge in [0.2, 0.25) is 0 Å². The monoisotopic (exact) mass is 148 g/mol. The Morgan fingerprint density at radius 2 is 2.45 bits per heavy atom. The van der Waals surface area contributed by atoms with Crippen molar-refractivity contribution >= 4 is 5.78 Å². The van der Waals surface area contributed by atoms with Crippen molar-refractivity contribution in [3.05, 3.63) is 24.3 Å². The Kier molecular flexibility index (Phi) is 1.31. The Labute approximate surface area is 63.9 Å². The summed E-state index contributed by atoms with van der Waals surface area (Å²) >= 11 is 0. The van der Waals surface area contributed by atoms with Gasteiger partial charge in [-0.3, -0.25) is 0 Å². The quantitative estimate of drug-likeness (QED) is 0.597. The van der Waals surface area contributed by atoms with Crippen molar-refractivity contribution in [1.82, 2.24) is 19.6 Å². The second-order valence-corrected chi connectivity index (χ2v) is 2.25. The largest absolute Gasteiger partial charge is 0.252 e. The second kappa shape index (κ2) is 2.30. The van der Waals surface area contributed by atoms with Gasteiger partial charge in [0.15, 0.2) is 5.82 Å². The average Bonchev–Trinajstić information content (AvgIpc) is 2.46. The van der Waals surface area contributed by atoms with Crippen LogP contribution in [0.1, 0.15) is 12.7 Å². The summed E-state index contributed by atoms with van der Waals surface area (Å²) in [4.78, 5) is 8.21. The first-order valence-corrected chi connectivity index (χ1v) is 3.56. The van der Waals surface area contributed by atoms with Gasteiger partial charge >= 0.3 is 0 Å². The summed E-state index contributed by atoms with van der Waals surface area (Å²) in [7, 11) is 0. The third-order valence-electron chi connectivity index (χ3n) is 1.48. The molecule has 0 saturated heterocycles. The number of rotatable bonds is 1. The lowest BCUT2D eigenvalue weighted by atomic mass is 10.5. The van der Waals surface area contributed by atoms with Gasteiger partial charge in [-0.05, 0) is 6.07 Å². The summed E-state index contributed by atoms with van der Waals surface area (Å²) < 4.78 is 1.68. The van der Waals surface area contributed by atoms with Crippen molar-refractivity contribution in [3.8, 4) is 0 Å². The standard InChI is InChI=1S/C7H8N4/c1-2-6-9-7-8-4-3-5-11(7)10-6/h3-5H,2H2,1H3. The average molecular weight is 148 g/mol. The fraction of sp³-hybridized carbons (Fsp3) is 0.286. The van der Waals surface area contributed by atoms with Gasteiger partial charge < -0.3 is 0 Å². The SMILES string of the molecule is CCc1nc2ncccn2n1. The molecule has 0 atom stereocenters. The fourth-order valence-corrected chi connectivity index (χ4v) is 0.926. The Bertz CT molecular complexity index is 332. The van der Waals surface area contributed by atoms with Gasteiger partial charge in [-0.25, -0.2) is 9.50 Å². The number of aryl methyl sites for hydroxylation is 1. The molecule has 11 heavy (non-hydrogen) atoms. The first-order valence-electron chi connectivity index (χ1n) is 3.56. The van der Waals surface area contributed by atoms with E-state index in [-0.39, 0.29) is 0 Å². The lowest BCUT2D eigenvalue weighted by Gasteiger charge is -1.83. The summed E-state index contributed by atoms with van der Waals surface area (Å²) in [6.45, 7) is 2.02. The maximum atomic E-state index is 4.17. The predicted molar refractivity (Wildman–Crippen MR) is 40.2 cm³/mol.